The van der Waals surface area contributed by atoms with Crippen LogP contribution in [0.3, 0.4) is 0 Å². The van der Waals surface area contributed by atoms with E-state index in [-0.39, 0.29) is 5.75 Å². The second-order valence-electron chi connectivity index (χ2n) is 6.97. The minimum Gasteiger partial charge on any atom is -0.508 e. The predicted molar refractivity (Wildman–Crippen MR) is 101 cm³/mol. The number of phenolic OH excluding ortho intramolecular Hbond substituents is 1. The molecule has 0 radical (unpaired) electrons. The Labute approximate surface area is 156 Å². The van der Waals surface area contributed by atoms with Gasteiger partial charge in [-0.15, -0.1) is 0 Å². The third kappa shape index (κ3) is 3.48. The van der Waals surface area contributed by atoms with Crippen LogP contribution >= 0.6 is 0 Å². The molecule has 4 rings (SSSR count). The number of aryl methyl sites for hydroxylation is 1. The number of fused-ring (bicyclic) bond motifs is 2. The van der Waals surface area contributed by atoms with Crippen LogP contribution in [-0.2, 0) is 13.1 Å². The van der Waals surface area contributed by atoms with Crippen molar-refractivity contribution in [2.24, 2.45) is 0 Å². The summed E-state index contributed by atoms with van der Waals surface area (Å²) in [5, 5.41) is 10.7. The van der Waals surface area contributed by atoms with Gasteiger partial charge in [-0.25, -0.2) is 4.79 Å². The number of aromatic hydroxyl groups is 1. The van der Waals surface area contributed by atoms with Crippen molar-refractivity contribution in [2.45, 2.75) is 20.0 Å². The first-order valence-electron chi connectivity index (χ1n) is 8.96. The van der Waals surface area contributed by atoms with E-state index in [1.807, 2.05) is 18.2 Å². The van der Waals surface area contributed by atoms with Gasteiger partial charge in [0.15, 0.2) is 11.5 Å². The summed E-state index contributed by atoms with van der Waals surface area (Å²) in [4.78, 5) is 13.2. The second-order valence-corrected chi connectivity index (χ2v) is 6.97. The van der Waals surface area contributed by atoms with E-state index >= 15 is 0 Å². The van der Waals surface area contributed by atoms with Gasteiger partial charge in [0.1, 0.15) is 37.6 Å². The Bertz CT molecular complexity index is 1060. The van der Waals surface area contributed by atoms with Gasteiger partial charge in [0.05, 0.1) is 7.05 Å². The quantitative estimate of drug-likeness (QED) is 0.687. The van der Waals surface area contributed by atoms with Gasteiger partial charge in [-0.1, -0.05) is 0 Å². The number of hydrogen-bond acceptors (Lipinski definition) is 5. The Kier molecular flexibility index (Phi) is 4.49. The van der Waals surface area contributed by atoms with Gasteiger partial charge in [-0.3, -0.25) is 0 Å². The van der Waals surface area contributed by atoms with Gasteiger partial charge in [-0.2, -0.15) is 0 Å². The smallest absolute Gasteiger partial charge is 0.336 e. The van der Waals surface area contributed by atoms with Crippen molar-refractivity contribution in [3.63, 3.8) is 0 Å². The molecule has 1 unspecified atom stereocenters. The van der Waals surface area contributed by atoms with Crippen LogP contribution in [0.25, 0.3) is 11.0 Å². The summed E-state index contributed by atoms with van der Waals surface area (Å²) < 4.78 is 16.5. The molecule has 1 aliphatic rings. The van der Waals surface area contributed by atoms with E-state index < -0.39 is 5.63 Å². The van der Waals surface area contributed by atoms with Crippen LogP contribution in [0.5, 0.6) is 17.2 Å². The normalized spacial score (nSPS) is 14.3. The molecule has 27 heavy (non-hydrogen) atoms. The largest absolute Gasteiger partial charge is 0.508 e. The highest BCUT2D eigenvalue weighted by atomic mass is 16.6. The Morgan fingerprint density at radius 3 is 2.63 bits per heavy atom. The molecule has 2 heterocycles. The van der Waals surface area contributed by atoms with Crippen LogP contribution in [0.2, 0.25) is 0 Å². The zero-order chi connectivity index (χ0) is 19.0. The van der Waals surface area contributed by atoms with Crippen molar-refractivity contribution in [1.29, 1.82) is 0 Å². The zero-order valence-corrected chi connectivity index (χ0v) is 15.4. The molecular formula is C21H22NO5+. The van der Waals surface area contributed by atoms with E-state index in [4.69, 9.17) is 13.9 Å². The van der Waals surface area contributed by atoms with Crippen molar-refractivity contribution in [2.75, 3.05) is 20.3 Å². The third-order valence-electron chi connectivity index (χ3n) is 4.82. The predicted octanol–water partition coefficient (Wildman–Crippen LogP) is 1.79. The van der Waals surface area contributed by atoms with E-state index in [0.29, 0.717) is 30.9 Å². The van der Waals surface area contributed by atoms with E-state index in [1.165, 1.54) is 11.0 Å². The molecule has 2 aromatic carbocycles. The molecule has 6 heteroatoms. The van der Waals surface area contributed by atoms with Gasteiger partial charge >= 0.3 is 5.63 Å². The standard InChI is InChI=1S/C21H21NO5/c1-13-17(23)5-4-16-15(10-20(24)27-21(13)16)12-22(2)11-14-3-6-18-19(9-14)26-8-7-25-18/h3-6,9-10,23H,7-8,11-12H2,1-2H3/p+1. The lowest BCUT2D eigenvalue weighted by atomic mass is 10.1. The summed E-state index contributed by atoms with van der Waals surface area (Å²) in [5.41, 5.74) is 2.66. The summed E-state index contributed by atoms with van der Waals surface area (Å²) >= 11 is 0. The van der Waals surface area contributed by atoms with Gasteiger partial charge < -0.3 is 23.9 Å². The fourth-order valence-corrected chi connectivity index (χ4v) is 3.50. The number of rotatable bonds is 4. The number of nitrogens with one attached hydrogen (secondary N) is 1. The van der Waals surface area contributed by atoms with E-state index in [1.54, 1.807) is 19.1 Å². The van der Waals surface area contributed by atoms with Crippen molar-refractivity contribution < 1.29 is 23.9 Å². The molecule has 0 saturated carbocycles. The molecule has 2 N–H and O–H groups in total. The van der Waals surface area contributed by atoms with Crippen molar-refractivity contribution in [1.82, 2.24) is 0 Å². The second kappa shape index (κ2) is 6.96. The molecule has 0 aliphatic carbocycles. The van der Waals surface area contributed by atoms with Crippen LogP contribution in [0.1, 0.15) is 16.7 Å². The summed E-state index contributed by atoms with van der Waals surface area (Å²) in [7, 11) is 2.07. The SMILES string of the molecule is Cc1c(O)ccc2c(C[NH+](C)Cc3ccc4c(c3)OCCO4)cc(=O)oc12. The molecule has 6 nitrogen and oxygen atoms in total. The topological polar surface area (TPSA) is 73.3 Å². The average Bonchev–Trinajstić information content (AvgIpc) is 2.65. The fraction of sp³-hybridized carbons (Fsp3) is 0.286. The lowest BCUT2D eigenvalue weighted by Crippen LogP contribution is -3.06. The average molecular weight is 368 g/mol. The first-order chi connectivity index (χ1) is 13.0. The molecule has 1 atom stereocenters. The molecule has 0 saturated heterocycles. The molecule has 0 spiro atoms. The maximum atomic E-state index is 12.0. The first kappa shape index (κ1) is 17.4. The zero-order valence-electron chi connectivity index (χ0n) is 15.4. The maximum Gasteiger partial charge on any atom is 0.336 e. The number of ether oxygens (including phenoxy) is 2. The van der Waals surface area contributed by atoms with E-state index in [9.17, 15) is 9.90 Å². The molecule has 3 aromatic rings. The lowest BCUT2D eigenvalue weighted by molar-refractivity contribution is -0.907. The van der Waals surface area contributed by atoms with Crippen LogP contribution < -0.4 is 20.0 Å². The first-order valence-corrected chi connectivity index (χ1v) is 8.96. The van der Waals surface area contributed by atoms with Gasteiger partial charge in [-0.05, 0) is 37.3 Å². The number of benzene rings is 2. The lowest BCUT2D eigenvalue weighted by Gasteiger charge is -2.20. The molecule has 0 amide bonds. The summed E-state index contributed by atoms with van der Waals surface area (Å²) in [5.74, 6) is 1.69. The van der Waals surface area contributed by atoms with E-state index in [0.717, 1.165) is 34.6 Å². The third-order valence-corrected chi connectivity index (χ3v) is 4.82. The van der Waals surface area contributed by atoms with Crippen molar-refractivity contribution in [3.05, 3.63) is 63.5 Å². The summed E-state index contributed by atoms with van der Waals surface area (Å²) in [6, 6.07) is 11.0. The molecular weight excluding hydrogens is 346 g/mol. The number of quaternary nitrogens is 1. The van der Waals surface area contributed by atoms with Crippen molar-refractivity contribution in [3.8, 4) is 17.2 Å². The Hall–Kier alpha value is -2.99. The molecule has 1 aromatic heterocycles. The van der Waals surface area contributed by atoms with Crippen LogP contribution in [-0.4, -0.2) is 25.4 Å². The minimum atomic E-state index is -0.404. The Morgan fingerprint density at radius 2 is 1.81 bits per heavy atom. The Morgan fingerprint density at radius 1 is 1.04 bits per heavy atom. The summed E-state index contributed by atoms with van der Waals surface area (Å²) in [6.07, 6.45) is 0. The number of hydrogen-bond donors (Lipinski definition) is 2. The molecule has 0 fully saturated rings. The highest BCUT2D eigenvalue weighted by Gasteiger charge is 2.16. The summed E-state index contributed by atoms with van der Waals surface area (Å²) in [6.45, 7) is 4.32. The molecule has 140 valence electrons. The van der Waals surface area contributed by atoms with Gasteiger partial charge in [0.25, 0.3) is 0 Å². The monoisotopic (exact) mass is 368 g/mol. The minimum absolute atomic E-state index is 0.125. The molecule has 0 bridgehead atoms. The fourth-order valence-electron chi connectivity index (χ4n) is 3.50. The van der Waals surface area contributed by atoms with Crippen LogP contribution in [0, 0.1) is 6.92 Å². The van der Waals surface area contributed by atoms with Crippen LogP contribution in [0.4, 0.5) is 0 Å². The molecule has 1 aliphatic heterocycles. The highest BCUT2D eigenvalue weighted by Crippen LogP contribution is 2.30. The highest BCUT2D eigenvalue weighted by molar-refractivity contribution is 5.84. The van der Waals surface area contributed by atoms with E-state index in [2.05, 4.69) is 7.05 Å². The van der Waals surface area contributed by atoms with Gasteiger partial charge in [0, 0.05) is 28.1 Å². The van der Waals surface area contributed by atoms with Crippen LogP contribution in [0.15, 0.2) is 45.6 Å². The van der Waals surface area contributed by atoms with Gasteiger partial charge in [0.2, 0.25) is 0 Å². The van der Waals surface area contributed by atoms with Crippen molar-refractivity contribution >= 4 is 11.0 Å². The Balaban J connectivity index is 1.59. The number of phenols is 1. The maximum absolute atomic E-state index is 12.0.